The van der Waals surface area contributed by atoms with Gasteiger partial charge in [-0.3, -0.25) is 10.1 Å². The van der Waals surface area contributed by atoms with Gasteiger partial charge in [0.15, 0.2) is 4.34 Å². The zero-order chi connectivity index (χ0) is 14.5. The van der Waals surface area contributed by atoms with Gasteiger partial charge in [-0.2, -0.15) is 0 Å². The molecule has 20 heavy (non-hydrogen) atoms. The van der Waals surface area contributed by atoms with Crippen molar-refractivity contribution in [3.05, 3.63) is 34.9 Å². The highest BCUT2D eigenvalue weighted by atomic mass is 35.5. The van der Waals surface area contributed by atoms with Crippen LogP contribution in [0.15, 0.2) is 28.6 Å². The van der Waals surface area contributed by atoms with Crippen molar-refractivity contribution in [3.63, 3.8) is 0 Å². The number of rotatable bonds is 5. The molecule has 106 valence electrons. The van der Waals surface area contributed by atoms with Gasteiger partial charge in [0, 0.05) is 5.25 Å². The zero-order valence-corrected chi connectivity index (χ0v) is 13.5. The molecule has 0 bridgehead atoms. The summed E-state index contributed by atoms with van der Waals surface area (Å²) in [6.07, 6.45) is 1.06. The van der Waals surface area contributed by atoms with E-state index in [4.69, 9.17) is 11.6 Å². The van der Waals surface area contributed by atoms with Crippen LogP contribution < -0.4 is 5.32 Å². The van der Waals surface area contributed by atoms with Crippen molar-refractivity contribution < 1.29 is 4.79 Å². The van der Waals surface area contributed by atoms with Crippen LogP contribution in [0.1, 0.15) is 30.6 Å². The fourth-order valence-electron chi connectivity index (χ4n) is 1.37. The van der Waals surface area contributed by atoms with Gasteiger partial charge in [0.05, 0.1) is 10.6 Å². The fourth-order valence-corrected chi connectivity index (χ4v) is 3.59. The van der Waals surface area contributed by atoms with Gasteiger partial charge in [0.1, 0.15) is 0 Å². The average Bonchev–Trinajstić information content (AvgIpc) is 2.86. The molecule has 7 heteroatoms. The third-order valence-corrected chi connectivity index (χ3v) is 5.14. The Balaban J connectivity index is 2.04. The summed E-state index contributed by atoms with van der Waals surface area (Å²) in [5.74, 6) is -0.271. The molecule has 0 aliphatic rings. The molecule has 0 fully saturated rings. The smallest absolute Gasteiger partial charge is 0.259 e. The number of carbonyl (C=O) groups is 1. The maximum absolute atomic E-state index is 12.1. The van der Waals surface area contributed by atoms with Crippen LogP contribution in [-0.2, 0) is 0 Å². The number of anilines is 1. The maximum atomic E-state index is 12.1. The second kappa shape index (κ2) is 7.06. The number of amides is 1. The van der Waals surface area contributed by atoms with Gasteiger partial charge in [-0.1, -0.05) is 60.7 Å². The fraction of sp³-hybridized carbons (Fsp3) is 0.308. The molecular weight excluding hydrogens is 314 g/mol. The van der Waals surface area contributed by atoms with Crippen molar-refractivity contribution in [3.8, 4) is 0 Å². The molecule has 1 atom stereocenters. The summed E-state index contributed by atoms with van der Waals surface area (Å²) < 4.78 is 0.855. The summed E-state index contributed by atoms with van der Waals surface area (Å²) in [6.45, 7) is 4.26. The molecule has 1 N–H and O–H groups in total. The molecule has 1 heterocycles. The predicted molar refractivity (Wildman–Crippen MR) is 84.9 cm³/mol. The third kappa shape index (κ3) is 3.94. The molecule has 1 aromatic heterocycles. The molecule has 1 aromatic carbocycles. The van der Waals surface area contributed by atoms with Crippen LogP contribution in [0.3, 0.4) is 0 Å². The lowest BCUT2D eigenvalue weighted by Crippen LogP contribution is -2.12. The van der Waals surface area contributed by atoms with E-state index in [0.717, 1.165) is 10.8 Å². The second-order valence-electron chi connectivity index (χ2n) is 4.14. The molecule has 0 aliphatic heterocycles. The molecule has 0 saturated heterocycles. The van der Waals surface area contributed by atoms with E-state index in [1.165, 1.54) is 11.3 Å². The van der Waals surface area contributed by atoms with Crippen LogP contribution in [0.25, 0.3) is 0 Å². The number of carbonyl (C=O) groups excluding carboxylic acids is 1. The quantitative estimate of drug-likeness (QED) is 0.655. The Hall–Kier alpha value is -1.11. The number of nitrogens with zero attached hydrogens (tertiary/aromatic N) is 2. The van der Waals surface area contributed by atoms with Gasteiger partial charge in [0.25, 0.3) is 5.91 Å². The van der Waals surface area contributed by atoms with Crippen LogP contribution in [0.2, 0.25) is 5.02 Å². The van der Waals surface area contributed by atoms with Gasteiger partial charge in [-0.15, -0.1) is 10.2 Å². The molecule has 2 aromatic rings. The highest BCUT2D eigenvalue weighted by Gasteiger charge is 2.13. The number of nitrogens with one attached hydrogen (secondary N) is 1. The topological polar surface area (TPSA) is 54.9 Å². The zero-order valence-electron chi connectivity index (χ0n) is 11.1. The maximum Gasteiger partial charge on any atom is 0.259 e. The van der Waals surface area contributed by atoms with E-state index in [2.05, 4.69) is 29.4 Å². The first-order chi connectivity index (χ1) is 9.60. The highest BCUT2D eigenvalue weighted by molar-refractivity contribution is 8.01. The molecule has 2 rings (SSSR count). The average molecular weight is 328 g/mol. The van der Waals surface area contributed by atoms with Crippen LogP contribution in [0, 0.1) is 0 Å². The lowest BCUT2D eigenvalue weighted by atomic mass is 10.2. The summed E-state index contributed by atoms with van der Waals surface area (Å²) in [5, 5.41) is 12.1. The Morgan fingerprint density at radius 3 is 2.90 bits per heavy atom. The summed E-state index contributed by atoms with van der Waals surface area (Å²) in [4.78, 5) is 12.1. The number of hydrogen-bond acceptors (Lipinski definition) is 5. The molecular formula is C13H14ClN3OS2. The first kappa shape index (κ1) is 15.3. The number of hydrogen-bond donors (Lipinski definition) is 1. The Morgan fingerprint density at radius 2 is 2.20 bits per heavy atom. The Kier molecular flexibility index (Phi) is 5.39. The molecule has 0 radical (unpaired) electrons. The van der Waals surface area contributed by atoms with E-state index >= 15 is 0 Å². The largest absolute Gasteiger partial charge is 0.296 e. The summed E-state index contributed by atoms with van der Waals surface area (Å²) in [6, 6.07) is 6.91. The van der Waals surface area contributed by atoms with Gasteiger partial charge < -0.3 is 0 Å². The first-order valence-corrected chi connectivity index (χ1v) is 8.23. The minimum absolute atomic E-state index is 0.271. The van der Waals surface area contributed by atoms with Crippen molar-refractivity contribution >= 4 is 45.7 Å². The Bertz CT molecular complexity index is 603. The van der Waals surface area contributed by atoms with Crippen molar-refractivity contribution in [1.29, 1.82) is 0 Å². The van der Waals surface area contributed by atoms with E-state index in [0.29, 0.717) is 21.0 Å². The molecule has 1 amide bonds. The molecule has 0 spiro atoms. The third-order valence-electron chi connectivity index (χ3n) is 2.62. The van der Waals surface area contributed by atoms with E-state index in [9.17, 15) is 4.79 Å². The van der Waals surface area contributed by atoms with Gasteiger partial charge in [0.2, 0.25) is 5.13 Å². The van der Waals surface area contributed by atoms with Crippen LogP contribution >= 0.6 is 34.7 Å². The minimum atomic E-state index is -0.271. The van der Waals surface area contributed by atoms with Crippen molar-refractivity contribution in [2.75, 3.05) is 5.32 Å². The number of thioether (sulfide) groups is 1. The predicted octanol–water partition coefficient (Wildman–Crippen LogP) is 4.33. The summed E-state index contributed by atoms with van der Waals surface area (Å²) >= 11 is 9.01. The van der Waals surface area contributed by atoms with Gasteiger partial charge in [-0.05, 0) is 18.6 Å². The standard InChI is InChI=1S/C13H14ClN3OS2/c1-3-8(2)19-13-17-16-12(20-13)15-11(18)9-6-4-5-7-10(9)14/h4-8H,3H2,1-2H3,(H,15,16,18)/t8-/m1/s1. The number of benzene rings is 1. The number of aromatic nitrogens is 2. The van der Waals surface area contributed by atoms with E-state index in [1.54, 1.807) is 36.0 Å². The summed E-state index contributed by atoms with van der Waals surface area (Å²) in [7, 11) is 0. The van der Waals surface area contributed by atoms with Crippen molar-refractivity contribution in [2.45, 2.75) is 29.9 Å². The van der Waals surface area contributed by atoms with E-state index in [-0.39, 0.29) is 5.91 Å². The van der Waals surface area contributed by atoms with Crippen LogP contribution in [0.5, 0.6) is 0 Å². The lowest BCUT2D eigenvalue weighted by Gasteiger charge is -2.03. The molecule has 4 nitrogen and oxygen atoms in total. The lowest BCUT2D eigenvalue weighted by molar-refractivity contribution is 0.102. The van der Waals surface area contributed by atoms with Crippen LogP contribution in [-0.4, -0.2) is 21.4 Å². The van der Waals surface area contributed by atoms with Gasteiger partial charge >= 0.3 is 0 Å². The Morgan fingerprint density at radius 1 is 1.45 bits per heavy atom. The Labute approximate surface area is 130 Å². The molecule has 0 unspecified atom stereocenters. The van der Waals surface area contributed by atoms with Crippen LogP contribution in [0.4, 0.5) is 5.13 Å². The normalized spacial score (nSPS) is 12.2. The highest BCUT2D eigenvalue weighted by Crippen LogP contribution is 2.30. The van der Waals surface area contributed by atoms with Gasteiger partial charge in [-0.25, -0.2) is 0 Å². The summed E-state index contributed by atoms with van der Waals surface area (Å²) in [5.41, 5.74) is 0.431. The second-order valence-corrected chi connectivity index (χ2v) is 7.21. The SMILES string of the molecule is CC[C@@H](C)Sc1nnc(NC(=O)c2ccccc2Cl)s1. The van der Waals surface area contributed by atoms with Crippen molar-refractivity contribution in [1.82, 2.24) is 10.2 Å². The first-order valence-electron chi connectivity index (χ1n) is 6.16. The monoisotopic (exact) mass is 327 g/mol. The minimum Gasteiger partial charge on any atom is -0.296 e. The molecule has 0 aliphatic carbocycles. The van der Waals surface area contributed by atoms with E-state index < -0.39 is 0 Å². The van der Waals surface area contributed by atoms with E-state index in [1.807, 2.05) is 0 Å². The number of halogens is 1. The van der Waals surface area contributed by atoms with Crippen molar-refractivity contribution in [2.24, 2.45) is 0 Å². The molecule has 0 saturated carbocycles.